The van der Waals surface area contributed by atoms with E-state index in [1.807, 2.05) is 27.7 Å². The number of ether oxygens (including phenoxy) is 5. The van der Waals surface area contributed by atoms with Crippen molar-refractivity contribution in [1.29, 1.82) is 0 Å². The minimum absolute atomic E-state index is 0.169. The Kier molecular flexibility index (Phi) is 3.02. The van der Waals surface area contributed by atoms with Gasteiger partial charge in [0.1, 0.15) is 18.8 Å². The molecule has 3 aliphatic rings. The molecule has 3 aliphatic heterocycles. The Hall–Kier alpha value is -0.890. The highest BCUT2D eigenvalue weighted by molar-refractivity contribution is 5.05. The number of fused-ring (bicyclic) bond motifs is 2. The topological polar surface area (TPSA) is 94.9 Å². The Labute approximate surface area is 116 Å². The summed E-state index contributed by atoms with van der Waals surface area (Å²) in [6.07, 6.45) is -1.15. The summed E-state index contributed by atoms with van der Waals surface area (Å²) in [5.74, 6) is -2.47. The highest BCUT2D eigenvalue weighted by atomic mass is 16.9. The van der Waals surface area contributed by atoms with Gasteiger partial charge < -0.3 is 23.7 Å². The van der Waals surface area contributed by atoms with Crippen molar-refractivity contribution in [2.75, 3.05) is 13.2 Å². The third kappa shape index (κ3) is 2.18. The molecule has 3 rings (SSSR count). The first-order valence-electron chi connectivity index (χ1n) is 6.65. The first-order valence-corrected chi connectivity index (χ1v) is 6.65. The van der Waals surface area contributed by atoms with E-state index in [9.17, 15) is 0 Å². The Morgan fingerprint density at radius 2 is 1.90 bits per heavy atom. The minimum Gasteiger partial charge on any atom is -0.345 e. The average molecular weight is 285 g/mol. The van der Waals surface area contributed by atoms with Crippen molar-refractivity contribution in [3.63, 3.8) is 0 Å². The fourth-order valence-corrected chi connectivity index (χ4v) is 3.00. The van der Waals surface area contributed by atoms with Gasteiger partial charge in [0, 0.05) is 4.91 Å². The molecule has 0 aliphatic carbocycles. The molecular formula is C12H19N3O5. The highest BCUT2D eigenvalue weighted by Crippen LogP contribution is 2.49. The molecule has 8 heteroatoms. The predicted molar refractivity (Wildman–Crippen MR) is 66.6 cm³/mol. The molecule has 3 fully saturated rings. The molecule has 1 spiro atoms. The van der Waals surface area contributed by atoms with Gasteiger partial charge >= 0.3 is 0 Å². The van der Waals surface area contributed by atoms with Crippen LogP contribution in [0, 0.1) is 0 Å². The van der Waals surface area contributed by atoms with Crippen LogP contribution in [0.3, 0.4) is 0 Å². The third-order valence-electron chi connectivity index (χ3n) is 3.64. The Morgan fingerprint density at radius 1 is 1.15 bits per heavy atom. The quantitative estimate of drug-likeness (QED) is 0.437. The molecule has 20 heavy (non-hydrogen) atoms. The second-order valence-electron chi connectivity index (χ2n) is 6.19. The lowest BCUT2D eigenvalue weighted by atomic mass is 10.1. The van der Waals surface area contributed by atoms with Crippen molar-refractivity contribution in [2.45, 2.75) is 63.4 Å². The van der Waals surface area contributed by atoms with Crippen LogP contribution in [0.15, 0.2) is 5.11 Å². The van der Waals surface area contributed by atoms with Crippen LogP contribution in [-0.4, -0.2) is 48.8 Å². The number of nitrogens with zero attached hydrogens (tertiary/aromatic N) is 3. The van der Waals surface area contributed by atoms with Crippen LogP contribution in [0.4, 0.5) is 0 Å². The zero-order valence-corrected chi connectivity index (χ0v) is 12.0. The van der Waals surface area contributed by atoms with Gasteiger partial charge in [-0.15, -0.1) is 0 Å². The monoisotopic (exact) mass is 285 g/mol. The maximum atomic E-state index is 8.48. The summed E-state index contributed by atoms with van der Waals surface area (Å²) in [6, 6.07) is 0. The summed E-state index contributed by atoms with van der Waals surface area (Å²) in [6.45, 7) is 7.74. The average Bonchev–Trinajstić information content (AvgIpc) is 2.90. The van der Waals surface area contributed by atoms with Crippen LogP contribution in [0.2, 0.25) is 0 Å². The normalized spacial score (nSPS) is 44.5. The van der Waals surface area contributed by atoms with Gasteiger partial charge in [-0.1, -0.05) is 5.11 Å². The lowest BCUT2D eigenvalue weighted by molar-refractivity contribution is -0.295. The fourth-order valence-electron chi connectivity index (χ4n) is 3.00. The molecule has 0 aromatic carbocycles. The summed E-state index contributed by atoms with van der Waals surface area (Å²) in [5.41, 5.74) is 8.48. The van der Waals surface area contributed by atoms with E-state index in [1.165, 1.54) is 0 Å². The molecule has 0 radical (unpaired) electrons. The van der Waals surface area contributed by atoms with Crippen LogP contribution in [-0.2, 0) is 23.7 Å². The molecule has 4 atom stereocenters. The molecule has 3 heterocycles. The molecule has 0 saturated carbocycles. The van der Waals surface area contributed by atoms with Crippen molar-refractivity contribution < 1.29 is 23.7 Å². The molecule has 3 saturated heterocycles. The van der Waals surface area contributed by atoms with Gasteiger partial charge in [-0.2, -0.15) is 0 Å². The molecule has 0 unspecified atom stereocenters. The fraction of sp³-hybridized carbons (Fsp3) is 1.00. The van der Waals surface area contributed by atoms with Crippen LogP contribution in [0.25, 0.3) is 10.4 Å². The Bertz CT molecular complexity index is 462. The van der Waals surface area contributed by atoms with E-state index < -0.39 is 29.6 Å². The summed E-state index contributed by atoms with van der Waals surface area (Å²) < 4.78 is 29.3. The van der Waals surface area contributed by atoms with E-state index in [2.05, 4.69) is 10.0 Å². The van der Waals surface area contributed by atoms with Crippen molar-refractivity contribution >= 4 is 0 Å². The largest absolute Gasteiger partial charge is 0.345 e. The van der Waals surface area contributed by atoms with Gasteiger partial charge in [0.05, 0.1) is 12.6 Å². The molecule has 0 aromatic rings. The summed E-state index contributed by atoms with van der Waals surface area (Å²) in [5, 5.41) is 3.58. The van der Waals surface area contributed by atoms with E-state index in [0.29, 0.717) is 0 Å². The first kappa shape index (κ1) is 14.1. The van der Waals surface area contributed by atoms with Gasteiger partial charge in [-0.3, -0.25) is 0 Å². The second kappa shape index (κ2) is 4.30. The smallest absolute Gasteiger partial charge is 0.224 e. The van der Waals surface area contributed by atoms with E-state index in [0.717, 1.165) is 0 Å². The lowest BCUT2D eigenvalue weighted by Crippen LogP contribution is -2.46. The van der Waals surface area contributed by atoms with E-state index >= 15 is 0 Å². The molecule has 112 valence electrons. The number of rotatable bonds is 2. The highest BCUT2D eigenvalue weighted by Gasteiger charge is 2.67. The SMILES string of the molecule is CC1(C)O[C@H]2[C@@H](O1)[C@@]1(COC(C)(C)O1)O[C@@H]2CN=[N+]=[N-]. The van der Waals surface area contributed by atoms with Crippen LogP contribution >= 0.6 is 0 Å². The minimum atomic E-state index is -1.00. The maximum absolute atomic E-state index is 8.48. The van der Waals surface area contributed by atoms with E-state index in [4.69, 9.17) is 29.2 Å². The van der Waals surface area contributed by atoms with Gasteiger partial charge in [0.25, 0.3) is 0 Å². The van der Waals surface area contributed by atoms with E-state index in [1.54, 1.807) is 0 Å². The zero-order chi connectivity index (χ0) is 14.6. The lowest BCUT2D eigenvalue weighted by Gasteiger charge is -2.30. The molecule has 8 nitrogen and oxygen atoms in total. The summed E-state index contributed by atoms with van der Waals surface area (Å²) in [4.78, 5) is 2.77. The summed E-state index contributed by atoms with van der Waals surface area (Å²) >= 11 is 0. The second-order valence-corrected chi connectivity index (χ2v) is 6.19. The first-order chi connectivity index (χ1) is 9.27. The van der Waals surface area contributed by atoms with Gasteiger partial charge in [-0.05, 0) is 33.2 Å². The molecule has 0 N–H and O–H groups in total. The summed E-state index contributed by atoms with van der Waals surface area (Å²) in [7, 11) is 0. The third-order valence-corrected chi connectivity index (χ3v) is 3.64. The van der Waals surface area contributed by atoms with Crippen LogP contribution in [0.1, 0.15) is 27.7 Å². The number of azide groups is 1. The standard InChI is InChI=1S/C12H19N3O5/c1-10(2)16-6-12(20-10)9-8(18-11(3,4)19-9)7(17-12)5-14-15-13/h7-9H,5-6H2,1-4H3/t7-,8-,9-,12+/m1/s1. The maximum Gasteiger partial charge on any atom is 0.224 e. The van der Waals surface area contributed by atoms with E-state index in [-0.39, 0.29) is 19.3 Å². The zero-order valence-electron chi connectivity index (χ0n) is 12.0. The van der Waals surface area contributed by atoms with Crippen LogP contribution < -0.4 is 0 Å². The van der Waals surface area contributed by atoms with Crippen molar-refractivity contribution in [2.24, 2.45) is 5.11 Å². The van der Waals surface area contributed by atoms with Gasteiger partial charge in [0.2, 0.25) is 5.79 Å². The number of hydrogen-bond acceptors (Lipinski definition) is 6. The molecule has 0 amide bonds. The molecule has 0 bridgehead atoms. The number of hydrogen-bond donors (Lipinski definition) is 0. The Balaban J connectivity index is 1.88. The van der Waals surface area contributed by atoms with Crippen molar-refractivity contribution in [1.82, 2.24) is 0 Å². The van der Waals surface area contributed by atoms with Crippen molar-refractivity contribution in [3.8, 4) is 0 Å². The van der Waals surface area contributed by atoms with Crippen LogP contribution in [0.5, 0.6) is 0 Å². The molecular weight excluding hydrogens is 266 g/mol. The van der Waals surface area contributed by atoms with Gasteiger partial charge in [-0.25, -0.2) is 0 Å². The predicted octanol–water partition coefficient (Wildman–Crippen LogP) is 1.69. The van der Waals surface area contributed by atoms with Crippen molar-refractivity contribution in [3.05, 3.63) is 10.4 Å². The van der Waals surface area contributed by atoms with Gasteiger partial charge in [0.15, 0.2) is 11.6 Å². The Morgan fingerprint density at radius 3 is 2.50 bits per heavy atom. The molecule has 0 aromatic heterocycles.